The van der Waals surface area contributed by atoms with Gasteiger partial charge in [-0.05, 0) is 38.0 Å². The smallest absolute Gasteiger partial charge is 0.225 e. The quantitative estimate of drug-likeness (QED) is 0.759. The van der Waals surface area contributed by atoms with Crippen molar-refractivity contribution in [1.82, 2.24) is 4.90 Å². The third-order valence-corrected chi connectivity index (χ3v) is 4.06. The van der Waals surface area contributed by atoms with Crippen LogP contribution in [0.25, 0.3) is 0 Å². The van der Waals surface area contributed by atoms with Crippen LogP contribution in [-0.2, 0) is 9.53 Å². The highest BCUT2D eigenvalue weighted by atomic mass is 35.5. The molecule has 2 aliphatic carbocycles. The molecule has 0 aromatic heterocycles. The van der Waals surface area contributed by atoms with Crippen molar-refractivity contribution in [3.05, 3.63) is 0 Å². The lowest BCUT2D eigenvalue weighted by molar-refractivity contribution is -0.136. The molecule has 2 N–H and O–H groups in total. The van der Waals surface area contributed by atoms with Gasteiger partial charge in [0.25, 0.3) is 0 Å². The summed E-state index contributed by atoms with van der Waals surface area (Å²) in [5, 5.41) is 0. The molecule has 2 saturated carbocycles. The number of hydrogen-bond donors (Lipinski definition) is 1. The molecule has 0 aliphatic heterocycles. The van der Waals surface area contributed by atoms with Gasteiger partial charge in [0.05, 0.1) is 6.61 Å². The average Bonchev–Trinajstić information content (AvgIpc) is 3.17. The van der Waals surface area contributed by atoms with Crippen molar-refractivity contribution in [3.63, 3.8) is 0 Å². The molecule has 5 heteroatoms. The van der Waals surface area contributed by atoms with Crippen LogP contribution in [-0.4, -0.2) is 43.7 Å². The lowest BCUT2D eigenvalue weighted by Gasteiger charge is -2.29. The molecule has 2 rings (SSSR count). The molecule has 2 aliphatic rings. The van der Waals surface area contributed by atoms with E-state index in [2.05, 4.69) is 0 Å². The van der Waals surface area contributed by atoms with E-state index in [0.717, 1.165) is 38.2 Å². The molecular formula is C14H27ClN2O2. The van der Waals surface area contributed by atoms with Crippen LogP contribution in [0.2, 0.25) is 0 Å². The zero-order valence-corrected chi connectivity index (χ0v) is 12.7. The van der Waals surface area contributed by atoms with E-state index in [1.54, 1.807) is 0 Å². The first-order chi connectivity index (χ1) is 8.66. The Bertz CT molecular complexity index is 285. The van der Waals surface area contributed by atoms with E-state index in [1.807, 2.05) is 11.9 Å². The second-order valence-corrected chi connectivity index (χ2v) is 5.90. The van der Waals surface area contributed by atoms with Gasteiger partial charge in [-0.15, -0.1) is 12.4 Å². The van der Waals surface area contributed by atoms with Crippen LogP contribution in [0.15, 0.2) is 0 Å². The lowest BCUT2D eigenvalue weighted by Crippen LogP contribution is -2.40. The van der Waals surface area contributed by atoms with Crippen molar-refractivity contribution in [2.75, 3.05) is 26.8 Å². The van der Waals surface area contributed by atoms with Crippen molar-refractivity contribution < 1.29 is 9.53 Å². The van der Waals surface area contributed by atoms with Gasteiger partial charge in [0.1, 0.15) is 0 Å². The minimum atomic E-state index is 0. The summed E-state index contributed by atoms with van der Waals surface area (Å²) in [6.45, 7) is 2.24. The van der Waals surface area contributed by atoms with Crippen LogP contribution in [0, 0.1) is 11.8 Å². The Morgan fingerprint density at radius 1 is 1.32 bits per heavy atom. The molecule has 2 unspecified atom stereocenters. The van der Waals surface area contributed by atoms with Gasteiger partial charge in [-0.3, -0.25) is 4.79 Å². The topological polar surface area (TPSA) is 55.6 Å². The molecular weight excluding hydrogens is 264 g/mol. The van der Waals surface area contributed by atoms with Crippen LogP contribution < -0.4 is 5.73 Å². The number of ether oxygens (including phenoxy) is 1. The highest BCUT2D eigenvalue weighted by Gasteiger charge is 2.27. The normalized spacial score (nSPS) is 26.6. The van der Waals surface area contributed by atoms with Crippen molar-refractivity contribution in [3.8, 4) is 0 Å². The monoisotopic (exact) mass is 290 g/mol. The lowest BCUT2D eigenvalue weighted by atomic mass is 9.85. The molecule has 2 fully saturated rings. The van der Waals surface area contributed by atoms with Gasteiger partial charge in [-0.25, -0.2) is 0 Å². The molecule has 1 amide bonds. The number of halogens is 1. The summed E-state index contributed by atoms with van der Waals surface area (Å²) in [7, 11) is 1.88. The predicted molar refractivity (Wildman–Crippen MR) is 78.4 cm³/mol. The number of hydrogen-bond acceptors (Lipinski definition) is 3. The van der Waals surface area contributed by atoms with Crippen LogP contribution >= 0.6 is 12.4 Å². The molecule has 2 atom stereocenters. The highest BCUT2D eigenvalue weighted by molar-refractivity contribution is 5.85. The number of nitrogens with two attached hydrogens (primary N) is 1. The Balaban J connectivity index is 0.00000180. The minimum Gasteiger partial charge on any atom is -0.379 e. The molecule has 0 bridgehead atoms. The van der Waals surface area contributed by atoms with E-state index in [1.165, 1.54) is 12.8 Å². The molecule has 4 nitrogen and oxygen atoms in total. The van der Waals surface area contributed by atoms with Gasteiger partial charge < -0.3 is 15.4 Å². The van der Waals surface area contributed by atoms with Crippen LogP contribution in [0.1, 0.15) is 38.5 Å². The number of nitrogens with zero attached hydrogens (tertiary/aromatic N) is 1. The van der Waals surface area contributed by atoms with Gasteiger partial charge in [0, 0.05) is 32.2 Å². The molecule has 112 valence electrons. The van der Waals surface area contributed by atoms with E-state index in [-0.39, 0.29) is 30.3 Å². The standard InChI is InChI=1S/C14H26N2O2.ClH/c1-16(7-8-18-10-11-5-6-11)14(17)12-3-2-4-13(15)9-12;/h11-13H,2-10,15H2,1H3;1H. The Labute approximate surface area is 122 Å². The zero-order valence-electron chi connectivity index (χ0n) is 11.8. The molecule has 0 radical (unpaired) electrons. The third-order valence-electron chi connectivity index (χ3n) is 4.06. The molecule has 0 spiro atoms. The number of carbonyl (C=O) groups excluding carboxylic acids is 1. The SMILES string of the molecule is CN(CCOCC1CC1)C(=O)C1CCCC(N)C1.Cl. The van der Waals surface area contributed by atoms with Gasteiger partial charge in [-0.1, -0.05) is 6.42 Å². The van der Waals surface area contributed by atoms with Crippen molar-refractivity contribution in [2.45, 2.75) is 44.6 Å². The number of carbonyl (C=O) groups is 1. The summed E-state index contributed by atoms with van der Waals surface area (Å²) in [5.74, 6) is 1.18. The zero-order chi connectivity index (χ0) is 13.0. The maximum atomic E-state index is 12.2. The van der Waals surface area contributed by atoms with E-state index >= 15 is 0 Å². The Morgan fingerprint density at radius 2 is 2.05 bits per heavy atom. The predicted octanol–water partition coefficient (Wildman–Crippen LogP) is 1.81. The van der Waals surface area contributed by atoms with E-state index in [0.29, 0.717) is 13.2 Å². The molecule has 0 heterocycles. The minimum absolute atomic E-state index is 0. The summed E-state index contributed by atoms with van der Waals surface area (Å²) in [4.78, 5) is 14.0. The van der Waals surface area contributed by atoms with Crippen molar-refractivity contribution >= 4 is 18.3 Å². The first-order valence-electron chi connectivity index (χ1n) is 7.25. The first-order valence-corrected chi connectivity index (χ1v) is 7.25. The Kier molecular flexibility index (Phi) is 7.11. The Morgan fingerprint density at radius 3 is 2.68 bits per heavy atom. The fourth-order valence-corrected chi connectivity index (χ4v) is 2.61. The van der Waals surface area contributed by atoms with E-state index < -0.39 is 0 Å². The van der Waals surface area contributed by atoms with E-state index in [4.69, 9.17) is 10.5 Å². The third kappa shape index (κ3) is 5.67. The summed E-state index contributed by atoms with van der Waals surface area (Å²) < 4.78 is 5.57. The average molecular weight is 291 g/mol. The summed E-state index contributed by atoms with van der Waals surface area (Å²) in [5.41, 5.74) is 5.93. The van der Waals surface area contributed by atoms with Crippen molar-refractivity contribution in [2.24, 2.45) is 17.6 Å². The maximum absolute atomic E-state index is 12.2. The molecule has 0 aromatic carbocycles. The summed E-state index contributed by atoms with van der Waals surface area (Å²) in [6, 6.07) is 0.215. The molecule has 19 heavy (non-hydrogen) atoms. The first kappa shape index (κ1) is 16.7. The fourth-order valence-electron chi connectivity index (χ4n) is 2.61. The largest absolute Gasteiger partial charge is 0.379 e. The van der Waals surface area contributed by atoms with Crippen molar-refractivity contribution in [1.29, 1.82) is 0 Å². The summed E-state index contributed by atoms with van der Waals surface area (Å²) in [6.07, 6.45) is 6.64. The Hall–Kier alpha value is -0.320. The van der Waals surface area contributed by atoms with Gasteiger partial charge in [-0.2, -0.15) is 0 Å². The summed E-state index contributed by atoms with van der Waals surface area (Å²) >= 11 is 0. The maximum Gasteiger partial charge on any atom is 0.225 e. The number of likely N-dealkylation sites (N-methyl/N-ethyl adjacent to an activating group) is 1. The fraction of sp³-hybridized carbons (Fsp3) is 0.929. The van der Waals surface area contributed by atoms with Crippen LogP contribution in [0.3, 0.4) is 0 Å². The second-order valence-electron chi connectivity index (χ2n) is 5.90. The van der Waals surface area contributed by atoms with Gasteiger partial charge in [0.2, 0.25) is 5.91 Å². The van der Waals surface area contributed by atoms with Crippen LogP contribution in [0.4, 0.5) is 0 Å². The number of amides is 1. The second kappa shape index (κ2) is 8.08. The van der Waals surface area contributed by atoms with E-state index in [9.17, 15) is 4.79 Å². The number of rotatable bonds is 6. The molecule has 0 saturated heterocycles. The van der Waals surface area contributed by atoms with Gasteiger partial charge >= 0.3 is 0 Å². The van der Waals surface area contributed by atoms with Gasteiger partial charge in [0.15, 0.2) is 0 Å². The molecule has 0 aromatic rings. The highest BCUT2D eigenvalue weighted by Crippen LogP contribution is 2.28. The van der Waals surface area contributed by atoms with Crippen LogP contribution in [0.5, 0.6) is 0 Å².